The molecule has 0 amide bonds. The van der Waals surface area contributed by atoms with E-state index in [1.807, 2.05) is 24.2 Å². The number of rotatable bonds is 8. The van der Waals surface area contributed by atoms with Gasteiger partial charge in [-0.05, 0) is 42.6 Å². The van der Waals surface area contributed by atoms with Crippen LogP contribution in [-0.2, 0) is 32.1 Å². The van der Waals surface area contributed by atoms with Crippen molar-refractivity contribution in [3.63, 3.8) is 0 Å². The van der Waals surface area contributed by atoms with Gasteiger partial charge in [0.05, 0.1) is 18.4 Å². The van der Waals surface area contributed by atoms with Gasteiger partial charge < -0.3 is 4.74 Å². The number of alkyl halides is 3. The molecule has 3 aromatic rings. The first-order chi connectivity index (χ1) is 15.3. The van der Waals surface area contributed by atoms with E-state index in [1.165, 1.54) is 23.3 Å². The molecule has 170 valence electrons. The summed E-state index contributed by atoms with van der Waals surface area (Å²) in [5.41, 5.74) is 5.38. The summed E-state index contributed by atoms with van der Waals surface area (Å²) in [6.07, 6.45) is -0.713. The molecule has 2 aromatic carbocycles. The molecule has 0 spiro atoms. The third-order valence-corrected chi connectivity index (χ3v) is 5.57. The van der Waals surface area contributed by atoms with Gasteiger partial charge >= 0.3 is 6.18 Å². The maximum absolute atomic E-state index is 13.0. The molecule has 0 fully saturated rings. The number of hydrogen-bond donors (Lipinski definition) is 0. The molecule has 0 aliphatic carbocycles. The Balaban J connectivity index is 1.83. The standard InChI is InChI=1S/C26H29F3N2O/c1-5-19-10-8-11-20(6-2)25(19)23-14-24(32-4)21(15-30-23)17-31(3)16-18-9-7-12-22(13-18)26(27,28)29/h7-15H,5-6,16-17H2,1-4H3. The first-order valence-electron chi connectivity index (χ1n) is 10.8. The number of nitrogens with zero attached hydrogens (tertiary/aromatic N) is 2. The van der Waals surface area contributed by atoms with E-state index in [0.29, 0.717) is 18.7 Å². The monoisotopic (exact) mass is 442 g/mol. The molecule has 0 aliphatic rings. The second-order valence-electron chi connectivity index (χ2n) is 7.91. The van der Waals surface area contributed by atoms with Crippen LogP contribution < -0.4 is 4.74 Å². The molecular weight excluding hydrogens is 413 g/mol. The van der Waals surface area contributed by atoms with Gasteiger partial charge in [-0.15, -0.1) is 0 Å². The smallest absolute Gasteiger partial charge is 0.416 e. The molecule has 0 bridgehead atoms. The Morgan fingerprint density at radius 3 is 2.16 bits per heavy atom. The largest absolute Gasteiger partial charge is 0.496 e. The van der Waals surface area contributed by atoms with E-state index in [0.717, 1.165) is 41.5 Å². The lowest BCUT2D eigenvalue weighted by molar-refractivity contribution is -0.137. The minimum absolute atomic E-state index is 0.382. The number of hydrogen-bond acceptors (Lipinski definition) is 3. The van der Waals surface area contributed by atoms with Crippen LogP contribution in [-0.4, -0.2) is 24.0 Å². The maximum Gasteiger partial charge on any atom is 0.416 e. The number of ether oxygens (including phenoxy) is 1. The number of methoxy groups -OCH3 is 1. The van der Waals surface area contributed by atoms with Gasteiger partial charge in [-0.1, -0.05) is 50.2 Å². The molecule has 0 saturated carbocycles. The minimum Gasteiger partial charge on any atom is -0.496 e. The fraction of sp³-hybridized carbons (Fsp3) is 0.346. The molecule has 6 heteroatoms. The van der Waals surface area contributed by atoms with Gasteiger partial charge in [0.15, 0.2) is 0 Å². The number of aromatic nitrogens is 1. The number of aryl methyl sites for hydroxylation is 2. The van der Waals surface area contributed by atoms with Crippen molar-refractivity contribution in [1.82, 2.24) is 9.88 Å². The fourth-order valence-electron chi connectivity index (χ4n) is 3.99. The van der Waals surface area contributed by atoms with Crippen LogP contribution in [0.4, 0.5) is 13.2 Å². The van der Waals surface area contributed by atoms with E-state index in [2.05, 4.69) is 32.0 Å². The Kier molecular flexibility index (Phi) is 7.56. The average molecular weight is 443 g/mol. The molecule has 0 N–H and O–H groups in total. The van der Waals surface area contributed by atoms with E-state index in [-0.39, 0.29) is 0 Å². The maximum atomic E-state index is 13.0. The third kappa shape index (κ3) is 5.49. The molecule has 1 heterocycles. The fourth-order valence-corrected chi connectivity index (χ4v) is 3.99. The van der Waals surface area contributed by atoms with Gasteiger partial charge in [0.2, 0.25) is 0 Å². The van der Waals surface area contributed by atoms with Crippen molar-refractivity contribution in [2.24, 2.45) is 0 Å². The third-order valence-electron chi connectivity index (χ3n) is 5.57. The Morgan fingerprint density at radius 2 is 1.56 bits per heavy atom. The van der Waals surface area contributed by atoms with E-state index >= 15 is 0 Å². The quantitative estimate of drug-likeness (QED) is 0.396. The van der Waals surface area contributed by atoms with Gasteiger partial charge in [-0.2, -0.15) is 13.2 Å². The predicted molar refractivity (Wildman–Crippen MR) is 122 cm³/mol. The summed E-state index contributed by atoms with van der Waals surface area (Å²) in [6, 6.07) is 13.7. The van der Waals surface area contributed by atoms with Crippen molar-refractivity contribution in [1.29, 1.82) is 0 Å². The zero-order chi connectivity index (χ0) is 23.3. The normalized spacial score (nSPS) is 11.8. The van der Waals surface area contributed by atoms with Crippen molar-refractivity contribution < 1.29 is 17.9 Å². The number of pyridine rings is 1. The zero-order valence-corrected chi connectivity index (χ0v) is 19.0. The van der Waals surface area contributed by atoms with Gasteiger partial charge in [-0.3, -0.25) is 9.88 Å². The van der Waals surface area contributed by atoms with Crippen molar-refractivity contribution in [2.75, 3.05) is 14.2 Å². The highest BCUT2D eigenvalue weighted by atomic mass is 19.4. The summed E-state index contributed by atoms with van der Waals surface area (Å²) < 4.78 is 44.6. The van der Waals surface area contributed by atoms with Crippen LogP contribution in [0, 0.1) is 0 Å². The van der Waals surface area contributed by atoms with Crippen LogP contribution >= 0.6 is 0 Å². The first kappa shape index (κ1) is 23.8. The number of benzene rings is 2. The first-order valence-corrected chi connectivity index (χ1v) is 10.8. The lowest BCUT2D eigenvalue weighted by Crippen LogP contribution is -2.18. The van der Waals surface area contributed by atoms with Crippen LogP contribution in [0.1, 0.15) is 41.7 Å². The Hall–Kier alpha value is -2.86. The molecular formula is C26H29F3N2O. The van der Waals surface area contributed by atoms with Crippen molar-refractivity contribution in [3.05, 3.63) is 82.5 Å². The highest BCUT2D eigenvalue weighted by molar-refractivity contribution is 5.69. The zero-order valence-electron chi connectivity index (χ0n) is 19.0. The SMILES string of the molecule is CCc1cccc(CC)c1-c1cc(OC)c(CN(C)Cc2cccc(C(F)(F)F)c2)cn1. The molecule has 1 aromatic heterocycles. The van der Waals surface area contributed by atoms with Crippen molar-refractivity contribution >= 4 is 0 Å². The lowest BCUT2D eigenvalue weighted by Gasteiger charge is -2.20. The van der Waals surface area contributed by atoms with Crippen molar-refractivity contribution in [2.45, 2.75) is 46.0 Å². The summed E-state index contributed by atoms with van der Waals surface area (Å²) in [6.45, 7) is 5.15. The summed E-state index contributed by atoms with van der Waals surface area (Å²) >= 11 is 0. The second-order valence-corrected chi connectivity index (χ2v) is 7.91. The van der Waals surface area contributed by atoms with Gasteiger partial charge in [0.25, 0.3) is 0 Å². The highest BCUT2D eigenvalue weighted by Crippen LogP contribution is 2.32. The Labute approximate surface area is 187 Å². The highest BCUT2D eigenvalue weighted by Gasteiger charge is 2.30. The summed E-state index contributed by atoms with van der Waals surface area (Å²) in [4.78, 5) is 6.68. The molecule has 0 atom stereocenters. The van der Waals surface area contributed by atoms with Crippen LogP contribution in [0.15, 0.2) is 54.7 Å². The molecule has 3 rings (SSSR count). The van der Waals surface area contributed by atoms with Crippen LogP contribution in [0.5, 0.6) is 5.75 Å². The van der Waals surface area contributed by atoms with E-state index in [1.54, 1.807) is 13.2 Å². The Morgan fingerprint density at radius 1 is 0.906 bits per heavy atom. The second kappa shape index (κ2) is 10.2. The van der Waals surface area contributed by atoms with Gasteiger partial charge in [0.1, 0.15) is 5.75 Å². The molecule has 0 saturated heterocycles. The molecule has 0 unspecified atom stereocenters. The van der Waals surface area contributed by atoms with E-state index in [4.69, 9.17) is 9.72 Å². The minimum atomic E-state index is -4.34. The Bertz CT molecular complexity index is 1040. The molecule has 0 radical (unpaired) electrons. The molecule has 3 nitrogen and oxygen atoms in total. The average Bonchev–Trinajstić information content (AvgIpc) is 2.78. The molecule has 0 aliphatic heterocycles. The summed E-state index contributed by atoms with van der Waals surface area (Å²) in [5, 5.41) is 0. The van der Waals surface area contributed by atoms with E-state index in [9.17, 15) is 13.2 Å². The topological polar surface area (TPSA) is 25.4 Å². The van der Waals surface area contributed by atoms with Gasteiger partial charge in [0, 0.05) is 36.5 Å². The van der Waals surface area contributed by atoms with E-state index < -0.39 is 11.7 Å². The molecule has 32 heavy (non-hydrogen) atoms. The van der Waals surface area contributed by atoms with Crippen LogP contribution in [0.3, 0.4) is 0 Å². The summed E-state index contributed by atoms with van der Waals surface area (Å²) in [7, 11) is 3.50. The lowest BCUT2D eigenvalue weighted by atomic mass is 9.94. The van der Waals surface area contributed by atoms with Crippen LogP contribution in [0.25, 0.3) is 11.3 Å². The predicted octanol–water partition coefficient (Wildman–Crippen LogP) is 6.53. The van der Waals surface area contributed by atoms with Gasteiger partial charge in [-0.25, -0.2) is 0 Å². The number of halogens is 3. The summed E-state index contributed by atoms with van der Waals surface area (Å²) in [5.74, 6) is 0.721. The van der Waals surface area contributed by atoms with Crippen LogP contribution in [0.2, 0.25) is 0 Å². The van der Waals surface area contributed by atoms with Crippen molar-refractivity contribution in [3.8, 4) is 17.0 Å².